The van der Waals surface area contributed by atoms with Gasteiger partial charge in [-0.15, -0.1) is 10.2 Å². The van der Waals surface area contributed by atoms with Gasteiger partial charge in [-0.3, -0.25) is 4.79 Å². The largest absolute Gasteiger partial charge is 0.325 e. The molecule has 1 atom stereocenters. The number of carbonyl (C=O) groups excluding carboxylic acids is 1. The lowest BCUT2D eigenvalue weighted by Crippen LogP contribution is -2.23. The zero-order valence-electron chi connectivity index (χ0n) is 13.8. The molecular weight excluding hydrogens is 362 g/mol. The maximum atomic E-state index is 12.4. The molecule has 0 spiro atoms. The molecule has 10 heteroatoms. The van der Waals surface area contributed by atoms with E-state index in [4.69, 9.17) is 5.14 Å². The van der Waals surface area contributed by atoms with Crippen LogP contribution in [0.3, 0.4) is 0 Å². The number of primary sulfonamides is 1. The lowest BCUT2D eigenvalue weighted by atomic mass is 10.3. The molecule has 0 unspecified atom stereocenters. The first-order valence-electron chi connectivity index (χ1n) is 7.75. The van der Waals surface area contributed by atoms with Crippen molar-refractivity contribution in [3.8, 4) is 0 Å². The molecule has 0 saturated heterocycles. The summed E-state index contributed by atoms with van der Waals surface area (Å²) in [5, 5.41) is 16.4. The Labute approximate surface area is 150 Å². The van der Waals surface area contributed by atoms with E-state index in [1.165, 1.54) is 30.0 Å². The molecule has 1 aromatic heterocycles. The Hall–Kier alpha value is -1.91. The fourth-order valence-electron chi connectivity index (χ4n) is 2.33. The van der Waals surface area contributed by atoms with Gasteiger partial charge in [0.25, 0.3) is 0 Å². The Bertz CT molecular complexity index is 906. The highest BCUT2D eigenvalue weighted by molar-refractivity contribution is 8.00. The summed E-state index contributed by atoms with van der Waals surface area (Å²) in [7, 11) is -1.91. The van der Waals surface area contributed by atoms with Crippen LogP contribution in [0.4, 0.5) is 5.69 Å². The number of nitrogens with one attached hydrogen (secondary N) is 1. The molecule has 1 fully saturated rings. The monoisotopic (exact) mass is 381 g/mol. The van der Waals surface area contributed by atoms with Crippen LogP contribution in [-0.2, 0) is 21.9 Å². The molecule has 1 saturated carbocycles. The molecule has 1 aliphatic rings. The number of aromatic nitrogens is 3. The van der Waals surface area contributed by atoms with Gasteiger partial charge in [-0.2, -0.15) is 0 Å². The van der Waals surface area contributed by atoms with E-state index in [0.29, 0.717) is 16.8 Å². The molecular formula is C15H19N5O3S2. The van der Waals surface area contributed by atoms with E-state index in [2.05, 4.69) is 15.5 Å². The van der Waals surface area contributed by atoms with Gasteiger partial charge in [0.1, 0.15) is 5.82 Å². The van der Waals surface area contributed by atoms with Gasteiger partial charge in [0, 0.05) is 18.7 Å². The molecule has 1 heterocycles. The van der Waals surface area contributed by atoms with E-state index >= 15 is 0 Å². The second kappa shape index (κ2) is 6.77. The maximum absolute atomic E-state index is 12.4. The number of thioether (sulfide) groups is 1. The van der Waals surface area contributed by atoms with Gasteiger partial charge in [-0.05, 0) is 38.0 Å². The minimum atomic E-state index is -3.81. The van der Waals surface area contributed by atoms with Crippen LogP contribution in [0.1, 0.15) is 31.5 Å². The fraction of sp³-hybridized carbons (Fsp3) is 0.400. The van der Waals surface area contributed by atoms with Gasteiger partial charge in [-0.25, -0.2) is 13.6 Å². The number of hydrogen-bond acceptors (Lipinski definition) is 6. The van der Waals surface area contributed by atoms with Gasteiger partial charge < -0.3 is 9.88 Å². The number of anilines is 1. The maximum Gasteiger partial charge on any atom is 0.238 e. The Morgan fingerprint density at radius 1 is 1.40 bits per heavy atom. The van der Waals surface area contributed by atoms with Crippen molar-refractivity contribution in [1.82, 2.24) is 14.8 Å². The smallest absolute Gasteiger partial charge is 0.238 e. The van der Waals surface area contributed by atoms with Crippen molar-refractivity contribution in [2.45, 2.75) is 41.0 Å². The Kier molecular flexibility index (Phi) is 4.85. The number of rotatable bonds is 6. The first-order chi connectivity index (χ1) is 11.8. The van der Waals surface area contributed by atoms with Crippen molar-refractivity contribution in [1.29, 1.82) is 0 Å². The van der Waals surface area contributed by atoms with Crippen molar-refractivity contribution >= 4 is 33.4 Å². The van der Waals surface area contributed by atoms with Crippen LogP contribution in [0, 0.1) is 0 Å². The number of nitrogens with zero attached hydrogens (tertiary/aromatic N) is 3. The Balaban J connectivity index is 1.67. The molecule has 1 aliphatic carbocycles. The molecule has 2 aromatic rings. The predicted molar refractivity (Wildman–Crippen MR) is 94.7 cm³/mol. The lowest BCUT2D eigenvalue weighted by Gasteiger charge is -2.12. The first kappa shape index (κ1) is 17.9. The zero-order valence-corrected chi connectivity index (χ0v) is 15.5. The summed E-state index contributed by atoms with van der Waals surface area (Å²) in [6, 6.07) is 5.84. The topological polar surface area (TPSA) is 120 Å². The molecule has 3 N–H and O–H groups in total. The highest BCUT2D eigenvalue weighted by atomic mass is 32.2. The third kappa shape index (κ3) is 4.20. The molecule has 0 aliphatic heterocycles. The quantitative estimate of drug-likeness (QED) is 0.731. The molecule has 25 heavy (non-hydrogen) atoms. The van der Waals surface area contributed by atoms with Gasteiger partial charge in [0.05, 0.1) is 10.1 Å². The lowest BCUT2D eigenvalue weighted by molar-refractivity contribution is -0.115. The second-order valence-electron chi connectivity index (χ2n) is 6.00. The highest BCUT2D eigenvalue weighted by Crippen LogP contribution is 2.39. The van der Waals surface area contributed by atoms with Crippen LogP contribution >= 0.6 is 11.8 Å². The number of nitrogens with two attached hydrogens (primary N) is 1. The summed E-state index contributed by atoms with van der Waals surface area (Å²) in [6.07, 6.45) is 2.26. The third-order valence-corrected chi connectivity index (χ3v) is 5.94. The number of benzene rings is 1. The standard InChI is InChI=1S/C15H19N5O3S2/c1-9(24-15-19-18-13(20(15)2)10-6-7-10)14(21)17-11-4-3-5-12(8-11)25(16,22)23/h3-5,8-10H,6-7H2,1-2H3,(H,17,21)(H2,16,22,23)/t9-/m1/s1. The highest BCUT2D eigenvalue weighted by Gasteiger charge is 2.30. The molecule has 3 rings (SSSR count). The van der Waals surface area contributed by atoms with Crippen molar-refractivity contribution in [3.63, 3.8) is 0 Å². The summed E-state index contributed by atoms with van der Waals surface area (Å²) in [6.45, 7) is 1.76. The number of carbonyl (C=O) groups is 1. The summed E-state index contributed by atoms with van der Waals surface area (Å²) in [5.41, 5.74) is 0.376. The van der Waals surface area contributed by atoms with Crippen molar-refractivity contribution in [2.75, 3.05) is 5.32 Å². The number of amides is 1. The summed E-state index contributed by atoms with van der Waals surface area (Å²) >= 11 is 1.31. The van der Waals surface area contributed by atoms with E-state index in [-0.39, 0.29) is 10.8 Å². The molecule has 1 aromatic carbocycles. The molecule has 0 radical (unpaired) electrons. The van der Waals surface area contributed by atoms with E-state index in [0.717, 1.165) is 18.7 Å². The van der Waals surface area contributed by atoms with E-state index in [1.807, 2.05) is 11.6 Å². The van der Waals surface area contributed by atoms with Crippen LogP contribution in [0.5, 0.6) is 0 Å². The minimum Gasteiger partial charge on any atom is -0.325 e. The Morgan fingerprint density at radius 2 is 2.12 bits per heavy atom. The summed E-state index contributed by atoms with van der Waals surface area (Å²) in [4.78, 5) is 12.3. The van der Waals surface area contributed by atoms with Gasteiger partial charge in [0.15, 0.2) is 5.16 Å². The van der Waals surface area contributed by atoms with Crippen LogP contribution in [0.2, 0.25) is 0 Å². The van der Waals surface area contributed by atoms with Crippen LogP contribution in [0.25, 0.3) is 0 Å². The zero-order chi connectivity index (χ0) is 18.2. The van der Waals surface area contributed by atoms with Crippen molar-refractivity contribution in [3.05, 3.63) is 30.1 Å². The van der Waals surface area contributed by atoms with Gasteiger partial charge >= 0.3 is 0 Å². The van der Waals surface area contributed by atoms with Crippen molar-refractivity contribution < 1.29 is 13.2 Å². The van der Waals surface area contributed by atoms with Gasteiger partial charge in [-0.1, -0.05) is 17.8 Å². The number of sulfonamides is 1. The molecule has 1 amide bonds. The van der Waals surface area contributed by atoms with Crippen LogP contribution in [0.15, 0.2) is 34.3 Å². The summed E-state index contributed by atoms with van der Waals surface area (Å²) in [5.74, 6) is 1.18. The average Bonchev–Trinajstić information content (AvgIpc) is 3.32. The third-order valence-electron chi connectivity index (χ3n) is 3.89. The van der Waals surface area contributed by atoms with Crippen molar-refractivity contribution in [2.24, 2.45) is 12.2 Å². The predicted octanol–water partition coefficient (Wildman–Crippen LogP) is 1.46. The molecule has 134 valence electrons. The normalized spacial score (nSPS) is 15.8. The minimum absolute atomic E-state index is 0.0482. The molecule has 0 bridgehead atoms. The first-order valence-corrected chi connectivity index (χ1v) is 10.2. The van der Waals surface area contributed by atoms with Crippen LogP contribution in [-0.4, -0.2) is 34.3 Å². The van der Waals surface area contributed by atoms with Crippen LogP contribution < -0.4 is 10.5 Å². The average molecular weight is 381 g/mol. The van der Waals surface area contributed by atoms with E-state index in [9.17, 15) is 13.2 Å². The van der Waals surface area contributed by atoms with Gasteiger partial charge in [0.2, 0.25) is 15.9 Å². The van der Waals surface area contributed by atoms with E-state index < -0.39 is 15.3 Å². The SMILES string of the molecule is C[C@@H](Sc1nnc(C2CC2)n1C)C(=O)Nc1cccc(S(N)(=O)=O)c1. The Morgan fingerprint density at radius 3 is 2.76 bits per heavy atom. The number of hydrogen-bond donors (Lipinski definition) is 2. The molecule has 8 nitrogen and oxygen atoms in total. The fourth-order valence-corrected chi connectivity index (χ4v) is 3.71. The summed E-state index contributed by atoms with van der Waals surface area (Å²) < 4.78 is 24.7. The van der Waals surface area contributed by atoms with E-state index in [1.54, 1.807) is 13.0 Å². The second-order valence-corrected chi connectivity index (χ2v) is 8.87.